The summed E-state index contributed by atoms with van der Waals surface area (Å²) in [5.74, 6) is -0.254. The molecule has 0 saturated carbocycles. The Kier molecular flexibility index (Phi) is 3.49. The molecule has 2 rings (SSSR count). The number of nitrogens with two attached hydrogens (primary N) is 1. The highest BCUT2D eigenvalue weighted by Crippen LogP contribution is 2.21. The molecule has 90 valence electrons. The summed E-state index contributed by atoms with van der Waals surface area (Å²) in [7, 11) is 0. The molecule has 2 atom stereocenters. The number of benzene rings is 1. The monoisotopic (exact) mass is 234 g/mol. The molecule has 0 fully saturated rings. The molecule has 17 heavy (non-hydrogen) atoms. The van der Waals surface area contributed by atoms with Gasteiger partial charge in [0.05, 0.1) is 6.04 Å². The van der Waals surface area contributed by atoms with Gasteiger partial charge in [-0.05, 0) is 24.1 Å². The fraction of sp³-hybridized carbons (Fsp3) is 0.333. The smallest absolute Gasteiger partial charge is 0.137 e. The van der Waals surface area contributed by atoms with Crippen molar-refractivity contribution in [3.05, 3.63) is 48.3 Å². The molecule has 0 aliphatic rings. The number of hydrogen-bond acceptors (Lipinski definition) is 3. The minimum Gasteiger partial charge on any atom is -0.326 e. The minimum absolute atomic E-state index is 0.0813. The maximum absolute atomic E-state index is 12.9. The topological polar surface area (TPSA) is 56.7 Å². The maximum Gasteiger partial charge on any atom is 0.137 e. The second kappa shape index (κ2) is 5.05. The maximum atomic E-state index is 12.9. The van der Waals surface area contributed by atoms with E-state index in [0.717, 1.165) is 12.0 Å². The van der Waals surface area contributed by atoms with Gasteiger partial charge in [0.15, 0.2) is 0 Å². The quantitative estimate of drug-likeness (QED) is 0.876. The molecular weight excluding hydrogens is 219 g/mol. The summed E-state index contributed by atoms with van der Waals surface area (Å²) < 4.78 is 14.6. The first kappa shape index (κ1) is 11.7. The molecular formula is C12H15FN4. The summed E-state index contributed by atoms with van der Waals surface area (Å²) in [6.07, 6.45) is 3.91. The number of hydrogen-bond donors (Lipinski definition) is 1. The van der Waals surface area contributed by atoms with Crippen LogP contribution >= 0.6 is 0 Å². The van der Waals surface area contributed by atoms with E-state index >= 15 is 0 Å². The largest absolute Gasteiger partial charge is 0.326 e. The number of rotatable bonds is 4. The molecule has 2 aromatic rings. The molecule has 0 radical (unpaired) electrons. The molecule has 0 bridgehead atoms. The van der Waals surface area contributed by atoms with Crippen LogP contribution in [0.2, 0.25) is 0 Å². The average Bonchev–Trinajstić information content (AvgIpc) is 2.85. The van der Waals surface area contributed by atoms with Crippen LogP contribution in [0, 0.1) is 5.82 Å². The first-order valence-corrected chi connectivity index (χ1v) is 5.57. The van der Waals surface area contributed by atoms with E-state index in [9.17, 15) is 4.39 Å². The zero-order chi connectivity index (χ0) is 12.3. The van der Waals surface area contributed by atoms with Gasteiger partial charge in [0.1, 0.15) is 18.5 Å². The Bertz CT molecular complexity index is 452. The highest BCUT2D eigenvalue weighted by molar-refractivity contribution is 5.22. The molecule has 0 saturated heterocycles. The fourth-order valence-corrected chi connectivity index (χ4v) is 1.84. The number of nitrogens with zero attached hydrogens (tertiary/aromatic N) is 3. The van der Waals surface area contributed by atoms with Gasteiger partial charge in [-0.1, -0.05) is 19.1 Å². The van der Waals surface area contributed by atoms with Crippen LogP contribution < -0.4 is 5.73 Å². The molecule has 2 unspecified atom stereocenters. The highest BCUT2D eigenvalue weighted by Gasteiger charge is 2.20. The summed E-state index contributed by atoms with van der Waals surface area (Å²) in [5, 5.41) is 4.12. The van der Waals surface area contributed by atoms with Gasteiger partial charge in [-0.3, -0.25) is 0 Å². The third-order valence-corrected chi connectivity index (χ3v) is 2.81. The molecule has 1 aromatic carbocycles. The van der Waals surface area contributed by atoms with Crippen LogP contribution in [0.3, 0.4) is 0 Å². The van der Waals surface area contributed by atoms with Crippen LogP contribution in [0.1, 0.15) is 24.9 Å². The molecule has 2 N–H and O–H groups in total. The predicted octanol–water partition coefficient (Wildman–Crippen LogP) is 1.74. The Morgan fingerprint density at radius 1 is 1.35 bits per heavy atom. The lowest BCUT2D eigenvalue weighted by Gasteiger charge is -2.23. The predicted molar refractivity (Wildman–Crippen MR) is 62.8 cm³/mol. The molecule has 0 amide bonds. The normalized spacial score (nSPS) is 14.5. The van der Waals surface area contributed by atoms with E-state index in [1.54, 1.807) is 23.1 Å². The standard InChI is InChI=1S/C12H15FN4/c1-2-11(14)12(17-8-15-7-16-17)9-3-5-10(13)6-4-9/h3-8,11-12H,2,14H2,1H3. The van der Waals surface area contributed by atoms with Crippen LogP contribution in [0.5, 0.6) is 0 Å². The van der Waals surface area contributed by atoms with Crippen LogP contribution in [-0.4, -0.2) is 20.8 Å². The Labute approximate surface area is 99.3 Å². The first-order valence-electron chi connectivity index (χ1n) is 5.57. The molecule has 0 aliphatic heterocycles. The summed E-state index contributed by atoms with van der Waals surface area (Å²) >= 11 is 0. The van der Waals surface area contributed by atoms with Gasteiger partial charge in [0.2, 0.25) is 0 Å². The van der Waals surface area contributed by atoms with Crippen molar-refractivity contribution in [2.75, 3.05) is 0 Å². The van der Waals surface area contributed by atoms with E-state index in [-0.39, 0.29) is 17.9 Å². The van der Waals surface area contributed by atoms with Crippen molar-refractivity contribution in [2.45, 2.75) is 25.4 Å². The highest BCUT2D eigenvalue weighted by atomic mass is 19.1. The second-order valence-electron chi connectivity index (χ2n) is 3.94. The lowest BCUT2D eigenvalue weighted by molar-refractivity contribution is 0.422. The fourth-order valence-electron chi connectivity index (χ4n) is 1.84. The van der Waals surface area contributed by atoms with Crippen molar-refractivity contribution in [1.82, 2.24) is 14.8 Å². The SMILES string of the molecule is CCC(N)C(c1ccc(F)cc1)n1cncn1. The third-order valence-electron chi connectivity index (χ3n) is 2.81. The van der Waals surface area contributed by atoms with Crippen molar-refractivity contribution in [3.8, 4) is 0 Å². The van der Waals surface area contributed by atoms with Crippen molar-refractivity contribution in [1.29, 1.82) is 0 Å². The van der Waals surface area contributed by atoms with Gasteiger partial charge < -0.3 is 5.73 Å². The van der Waals surface area contributed by atoms with E-state index < -0.39 is 0 Å². The van der Waals surface area contributed by atoms with Crippen molar-refractivity contribution in [3.63, 3.8) is 0 Å². The Hall–Kier alpha value is -1.75. The minimum atomic E-state index is -0.254. The molecule has 5 heteroatoms. The first-order chi connectivity index (χ1) is 8.22. The van der Waals surface area contributed by atoms with E-state index in [4.69, 9.17) is 5.73 Å². The lowest BCUT2D eigenvalue weighted by atomic mass is 9.98. The van der Waals surface area contributed by atoms with Gasteiger partial charge in [0.25, 0.3) is 0 Å². The molecule has 0 aliphatic carbocycles. The summed E-state index contributed by atoms with van der Waals surface area (Å²) in [4.78, 5) is 3.93. The Morgan fingerprint density at radius 3 is 2.59 bits per heavy atom. The van der Waals surface area contributed by atoms with Gasteiger partial charge >= 0.3 is 0 Å². The van der Waals surface area contributed by atoms with Gasteiger partial charge in [-0.25, -0.2) is 14.1 Å². The Balaban J connectivity index is 2.37. The van der Waals surface area contributed by atoms with E-state index in [0.29, 0.717) is 0 Å². The summed E-state index contributed by atoms with van der Waals surface area (Å²) in [6.45, 7) is 2.01. The number of halogens is 1. The molecule has 4 nitrogen and oxygen atoms in total. The number of aromatic nitrogens is 3. The molecule has 1 aromatic heterocycles. The zero-order valence-electron chi connectivity index (χ0n) is 9.62. The van der Waals surface area contributed by atoms with Crippen LogP contribution in [0.25, 0.3) is 0 Å². The van der Waals surface area contributed by atoms with E-state index in [1.165, 1.54) is 18.5 Å². The van der Waals surface area contributed by atoms with E-state index in [2.05, 4.69) is 10.1 Å². The van der Waals surface area contributed by atoms with Gasteiger partial charge in [-0.2, -0.15) is 5.10 Å². The average molecular weight is 234 g/mol. The Morgan fingerprint density at radius 2 is 2.06 bits per heavy atom. The van der Waals surface area contributed by atoms with Crippen molar-refractivity contribution in [2.24, 2.45) is 5.73 Å². The van der Waals surface area contributed by atoms with Gasteiger partial charge in [-0.15, -0.1) is 0 Å². The summed E-state index contributed by atoms with van der Waals surface area (Å²) in [6, 6.07) is 6.14. The van der Waals surface area contributed by atoms with Crippen molar-refractivity contribution >= 4 is 0 Å². The summed E-state index contributed by atoms with van der Waals surface area (Å²) in [5.41, 5.74) is 7.03. The zero-order valence-corrected chi connectivity index (χ0v) is 9.62. The second-order valence-corrected chi connectivity index (χ2v) is 3.94. The van der Waals surface area contributed by atoms with Crippen LogP contribution in [-0.2, 0) is 0 Å². The van der Waals surface area contributed by atoms with Crippen molar-refractivity contribution < 1.29 is 4.39 Å². The third kappa shape index (κ3) is 2.50. The lowest BCUT2D eigenvalue weighted by Crippen LogP contribution is -2.32. The molecule has 0 spiro atoms. The van der Waals surface area contributed by atoms with Crippen LogP contribution in [0.4, 0.5) is 4.39 Å². The van der Waals surface area contributed by atoms with E-state index in [1.807, 2.05) is 6.92 Å². The van der Waals surface area contributed by atoms with Gasteiger partial charge in [0, 0.05) is 6.04 Å². The van der Waals surface area contributed by atoms with Crippen LogP contribution in [0.15, 0.2) is 36.9 Å². The molecule has 1 heterocycles.